The molecule has 3 heterocycles. The Morgan fingerprint density at radius 1 is 1.23 bits per heavy atom. The van der Waals surface area contributed by atoms with E-state index < -0.39 is 6.10 Å². The van der Waals surface area contributed by atoms with E-state index >= 15 is 0 Å². The van der Waals surface area contributed by atoms with Gasteiger partial charge in [0, 0.05) is 55.1 Å². The molecule has 2 aromatic heterocycles. The third-order valence-electron chi connectivity index (χ3n) is 6.25. The Labute approximate surface area is 181 Å². The number of imidazole rings is 1. The van der Waals surface area contributed by atoms with Crippen molar-refractivity contribution in [1.82, 2.24) is 19.6 Å². The highest BCUT2D eigenvalue weighted by atomic mass is 16.5. The molecule has 2 N–H and O–H groups in total. The fraction of sp³-hybridized carbons (Fsp3) is 0.417. The lowest BCUT2D eigenvalue weighted by Crippen LogP contribution is -2.27. The molecule has 2 aliphatic rings. The molecule has 1 saturated carbocycles. The van der Waals surface area contributed by atoms with Crippen LogP contribution < -0.4 is 0 Å². The number of aromatic nitrogens is 3. The number of aliphatic hydroxyl groups excluding tert-OH is 2. The summed E-state index contributed by atoms with van der Waals surface area (Å²) < 4.78 is 7.39. The van der Waals surface area contributed by atoms with Crippen molar-refractivity contribution in [2.24, 2.45) is 17.8 Å². The maximum absolute atomic E-state index is 9.79. The molecule has 3 aromatic rings. The lowest BCUT2D eigenvalue weighted by molar-refractivity contribution is 0.184. The van der Waals surface area contributed by atoms with Gasteiger partial charge in [-0.2, -0.15) is 0 Å². The first-order valence-electron chi connectivity index (χ1n) is 10.7. The van der Waals surface area contributed by atoms with Gasteiger partial charge in [0.2, 0.25) is 0 Å². The Hall–Kier alpha value is -2.92. The molecule has 0 bridgehead atoms. The molecule has 0 amide bonds. The number of hydrogen-bond donors (Lipinski definition) is 2. The van der Waals surface area contributed by atoms with E-state index in [1.165, 1.54) is 0 Å². The summed E-state index contributed by atoms with van der Waals surface area (Å²) in [6, 6.07) is 9.95. The first kappa shape index (κ1) is 20.0. The zero-order valence-corrected chi connectivity index (χ0v) is 17.5. The molecule has 0 radical (unpaired) electrons. The second-order valence-corrected chi connectivity index (χ2v) is 8.46. The topological polar surface area (TPSA) is 87.6 Å². The van der Waals surface area contributed by atoms with E-state index in [0.717, 1.165) is 36.5 Å². The minimum absolute atomic E-state index is 0.237. The quantitative estimate of drug-likeness (QED) is 0.597. The molecule has 7 nitrogen and oxygen atoms in total. The standard InChI is InChI=1S/C24H26N4O3/c1-16(30)24-25-8-9-28(24)13-19-12-23(31-26-19)18-5-2-17(3-6-18)4-7-20-21-14-27(10-11-29)15-22(20)21/h2-3,5-6,8-9,12,16,20-22,29-30H,10-11,13-15H2,1H3/t16-,20-,21+,22-/m0/s1. The molecule has 31 heavy (non-hydrogen) atoms. The molecular formula is C24H26N4O3. The summed E-state index contributed by atoms with van der Waals surface area (Å²) in [4.78, 5) is 6.51. The second-order valence-electron chi connectivity index (χ2n) is 8.46. The summed E-state index contributed by atoms with van der Waals surface area (Å²) in [5, 5.41) is 23.0. The van der Waals surface area contributed by atoms with E-state index in [4.69, 9.17) is 9.63 Å². The van der Waals surface area contributed by atoms with Crippen molar-refractivity contribution in [2.45, 2.75) is 19.6 Å². The SMILES string of the molecule is C[C@H](O)c1nccn1Cc1cc(-c2ccc(C#C[C@H]3[C@H]4CN(CCO)C[C@@H]34)cc2)on1. The Balaban J connectivity index is 1.20. The summed E-state index contributed by atoms with van der Waals surface area (Å²) >= 11 is 0. The molecule has 1 aliphatic carbocycles. The van der Waals surface area contributed by atoms with Gasteiger partial charge in [0.05, 0.1) is 13.2 Å². The van der Waals surface area contributed by atoms with Crippen LogP contribution in [0.5, 0.6) is 0 Å². The van der Waals surface area contributed by atoms with E-state index in [9.17, 15) is 5.11 Å². The number of benzene rings is 1. The summed E-state index contributed by atoms with van der Waals surface area (Å²) in [6.07, 6.45) is 2.86. The van der Waals surface area contributed by atoms with Crippen molar-refractivity contribution in [3.63, 3.8) is 0 Å². The first-order valence-corrected chi connectivity index (χ1v) is 10.7. The summed E-state index contributed by atoms with van der Waals surface area (Å²) in [7, 11) is 0. The number of β-amino-alcohol motifs (C(OH)–C–C–N with tert-alkyl or cyclic N) is 1. The van der Waals surface area contributed by atoms with Crippen molar-refractivity contribution < 1.29 is 14.7 Å². The van der Waals surface area contributed by atoms with Crippen molar-refractivity contribution in [3.8, 4) is 23.2 Å². The molecule has 4 atom stereocenters. The summed E-state index contributed by atoms with van der Waals surface area (Å²) in [5.74, 6) is 9.91. The van der Waals surface area contributed by atoms with Crippen LogP contribution in [0.1, 0.15) is 30.1 Å². The fourth-order valence-corrected chi connectivity index (χ4v) is 4.56. The fourth-order valence-electron chi connectivity index (χ4n) is 4.56. The van der Waals surface area contributed by atoms with Crippen LogP contribution in [0, 0.1) is 29.6 Å². The minimum Gasteiger partial charge on any atom is -0.395 e. The number of rotatable bonds is 6. The molecule has 1 saturated heterocycles. The van der Waals surface area contributed by atoms with Crippen molar-refractivity contribution >= 4 is 0 Å². The van der Waals surface area contributed by atoms with Crippen molar-refractivity contribution in [1.29, 1.82) is 0 Å². The number of hydrogen-bond acceptors (Lipinski definition) is 6. The predicted molar refractivity (Wildman–Crippen MR) is 115 cm³/mol. The number of likely N-dealkylation sites (tertiary alicyclic amines) is 1. The van der Waals surface area contributed by atoms with Gasteiger partial charge in [-0.3, -0.25) is 0 Å². The predicted octanol–water partition coefficient (Wildman–Crippen LogP) is 2.16. The van der Waals surface area contributed by atoms with E-state index in [0.29, 0.717) is 35.9 Å². The summed E-state index contributed by atoms with van der Waals surface area (Å²) in [6.45, 7) is 5.33. The average Bonchev–Trinajstić information content (AvgIpc) is 3.24. The zero-order valence-electron chi connectivity index (χ0n) is 17.5. The number of piperidine rings is 1. The van der Waals surface area contributed by atoms with E-state index in [1.54, 1.807) is 13.1 Å². The van der Waals surface area contributed by atoms with E-state index in [2.05, 4.69) is 26.9 Å². The van der Waals surface area contributed by atoms with Crippen molar-refractivity contribution in [2.75, 3.05) is 26.2 Å². The smallest absolute Gasteiger partial charge is 0.167 e. The highest BCUT2D eigenvalue weighted by molar-refractivity contribution is 5.59. The molecule has 7 heteroatoms. The third kappa shape index (κ3) is 4.15. The largest absolute Gasteiger partial charge is 0.395 e. The molecular weight excluding hydrogens is 392 g/mol. The van der Waals surface area contributed by atoms with Crippen LogP contribution in [-0.2, 0) is 6.54 Å². The Morgan fingerprint density at radius 3 is 2.71 bits per heavy atom. The van der Waals surface area contributed by atoms with Gasteiger partial charge in [0.1, 0.15) is 17.6 Å². The molecule has 160 valence electrons. The maximum atomic E-state index is 9.79. The van der Waals surface area contributed by atoms with Gasteiger partial charge in [-0.1, -0.05) is 17.0 Å². The Kier molecular flexibility index (Phi) is 5.36. The monoisotopic (exact) mass is 418 g/mol. The van der Waals surface area contributed by atoms with Gasteiger partial charge in [-0.15, -0.1) is 0 Å². The molecule has 1 aromatic carbocycles. The first-order chi connectivity index (χ1) is 15.1. The van der Waals surface area contributed by atoms with E-state index in [1.807, 2.05) is 41.1 Å². The number of aliphatic hydroxyl groups is 2. The lowest BCUT2D eigenvalue weighted by Gasteiger charge is -2.16. The Bertz CT molecular complexity index is 1090. The lowest BCUT2D eigenvalue weighted by atomic mass is 10.1. The maximum Gasteiger partial charge on any atom is 0.167 e. The molecule has 0 spiro atoms. The minimum atomic E-state index is -0.635. The Morgan fingerprint density at radius 2 is 2.00 bits per heavy atom. The van der Waals surface area contributed by atoms with Gasteiger partial charge in [0.15, 0.2) is 5.76 Å². The van der Waals surface area contributed by atoms with Crippen LogP contribution in [0.2, 0.25) is 0 Å². The molecule has 5 rings (SSSR count). The summed E-state index contributed by atoms with van der Waals surface area (Å²) in [5.41, 5.74) is 2.73. The third-order valence-corrected chi connectivity index (χ3v) is 6.25. The van der Waals surface area contributed by atoms with Gasteiger partial charge < -0.3 is 24.2 Å². The van der Waals surface area contributed by atoms with Crippen LogP contribution in [0.4, 0.5) is 0 Å². The van der Waals surface area contributed by atoms with Crippen LogP contribution >= 0.6 is 0 Å². The molecule has 2 fully saturated rings. The van der Waals surface area contributed by atoms with Gasteiger partial charge in [-0.05, 0) is 43.0 Å². The van der Waals surface area contributed by atoms with E-state index in [-0.39, 0.29) is 6.61 Å². The molecule has 0 unspecified atom stereocenters. The van der Waals surface area contributed by atoms with Gasteiger partial charge in [0.25, 0.3) is 0 Å². The van der Waals surface area contributed by atoms with Crippen LogP contribution in [0.3, 0.4) is 0 Å². The van der Waals surface area contributed by atoms with Gasteiger partial charge >= 0.3 is 0 Å². The van der Waals surface area contributed by atoms with Crippen LogP contribution in [0.15, 0.2) is 47.2 Å². The number of fused-ring (bicyclic) bond motifs is 1. The van der Waals surface area contributed by atoms with Gasteiger partial charge in [-0.25, -0.2) is 4.98 Å². The normalized spacial score (nSPS) is 23.3. The zero-order chi connectivity index (χ0) is 21.4. The van der Waals surface area contributed by atoms with Crippen LogP contribution in [0.25, 0.3) is 11.3 Å². The highest BCUT2D eigenvalue weighted by Gasteiger charge is 2.54. The second kappa shape index (κ2) is 8.31. The number of nitrogens with zero attached hydrogens (tertiary/aromatic N) is 4. The average molecular weight is 418 g/mol. The van der Waals surface area contributed by atoms with Crippen LogP contribution in [-0.4, -0.2) is 56.1 Å². The van der Waals surface area contributed by atoms with Crippen molar-refractivity contribution in [3.05, 3.63) is 59.8 Å². The molecule has 1 aliphatic heterocycles. The highest BCUT2D eigenvalue weighted by Crippen LogP contribution is 2.51.